The van der Waals surface area contributed by atoms with Gasteiger partial charge in [0.15, 0.2) is 5.96 Å². The third kappa shape index (κ3) is 8.56. The summed E-state index contributed by atoms with van der Waals surface area (Å²) in [6, 6.07) is 8.68. The zero-order chi connectivity index (χ0) is 20.2. The molecule has 2 N–H and O–H groups in total. The zero-order valence-corrected chi connectivity index (χ0v) is 21.0. The summed E-state index contributed by atoms with van der Waals surface area (Å²) in [6.45, 7) is 8.30. The number of hydrogen-bond donors (Lipinski definition) is 2. The fourth-order valence-corrected chi connectivity index (χ4v) is 4.41. The van der Waals surface area contributed by atoms with Crippen molar-refractivity contribution in [3.63, 3.8) is 0 Å². The Balaban J connectivity index is 0.00000320. The first-order valence-electron chi connectivity index (χ1n) is 10.8. The van der Waals surface area contributed by atoms with E-state index in [9.17, 15) is 0 Å². The molecule has 0 bridgehead atoms. The van der Waals surface area contributed by atoms with Crippen molar-refractivity contribution < 1.29 is 9.15 Å². The molecule has 2 aromatic heterocycles. The van der Waals surface area contributed by atoms with Crippen LogP contribution in [0.25, 0.3) is 0 Å². The molecule has 168 valence electrons. The van der Waals surface area contributed by atoms with Crippen LogP contribution in [0.4, 0.5) is 0 Å². The molecule has 0 saturated carbocycles. The summed E-state index contributed by atoms with van der Waals surface area (Å²) >= 11 is 1.83. The van der Waals surface area contributed by atoms with E-state index in [-0.39, 0.29) is 24.0 Å². The molecule has 1 unspecified atom stereocenters. The average molecular weight is 547 g/mol. The number of guanidine groups is 1. The molecule has 1 saturated heterocycles. The summed E-state index contributed by atoms with van der Waals surface area (Å²) in [5, 5.41) is 9.09. The maximum Gasteiger partial charge on any atom is 0.191 e. The summed E-state index contributed by atoms with van der Waals surface area (Å²) in [5.74, 6) is 1.86. The van der Waals surface area contributed by atoms with Crippen molar-refractivity contribution in [2.75, 3.05) is 45.9 Å². The van der Waals surface area contributed by atoms with Gasteiger partial charge in [0.2, 0.25) is 0 Å². The van der Waals surface area contributed by atoms with Gasteiger partial charge in [-0.25, -0.2) is 0 Å². The molecule has 8 heteroatoms. The molecule has 2 aromatic rings. The summed E-state index contributed by atoms with van der Waals surface area (Å²) in [7, 11) is 0. The number of aliphatic imine (C=N–C) groups is 1. The Labute approximate surface area is 201 Å². The fourth-order valence-electron chi connectivity index (χ4n) is 3.56. The van der Waals surface area contributed by atoms with E-state index in [1.165, 1.54) is 30.8 Å². The molecule has 1 aliphatic rings. The first kappa shape index (κ1) is 25.2. The first-order valence-corrected chi connectivity index (χ1v) is 11.6. The van der Waals surface area contributed by atoms with Gasteiger partial charge < -0.3 is 19.8 Å². The molecule has 0 radical (unpaired) electrons. The van der Waals surface area contributed by atoms with E-state index >= 15 is 0 Å². The number of hydrogen-bond acceptors (Lipinski definition) is 5. The highest BCUT2D eigenvalue weighted by atomic mass is 127. The van der Waals surface area contributed by atoms with Crippen molar-refractivity contribution in [2.24, 2.45) is 4.99 Å². The van der Waals surface area contributed by atoms with Crippen molar-refractivity contribution >= 4 is 41.3 Å². The quantitative estimate of drug-likeness (QED) is 0.180. The predicted octanol–water partition coefficient (Wildman–Crippen LogP) is 4.30. The molecule has 3 heterocycles. The second kappa shape index (κ2) is 14.8. The molecule has 1 aliphatic heterocycles. The number of rotatable bonds is 12. The van der Waals surface area contributed by atoms with E-state index < -0.39 is 0 Å². The van der Waals surface area contributed by atoms with E-state index in [2.05, 4.69) is 33.0 Å². The van der Waals surface area contributed by atoms with Crippen LogP contribution in [-0.4, -0.2) is 56.8 Å². The van der Waals surface area contributed by atoms with Crippen LogP contribution in [-0.2, 0) is 11.2 Å². The van der Waals surface area contributed by atoms with Crippen molar-refractivity contribution in [3.8, 4) is 0 Å². The van der Waals surface area contributed by atoms with Gasteiger partial charge in [0, 0.05) is 37.6 Å². The van der Waals surface area contributed by atoms with Crippen LogP contribution in [0.1, 0.15) is 42.9 Å². The maximum absolute atomic E-state index is 5.44. The third-order valence-corrected chi connectivity index (χ3v) is 6.05. The minimum atomic E-state index is 0. The summed E-state index contributed by atoms with van der Waals surface area (Å²) in [6.07, 6.45) is 6.10. The molecule has 1 fully saturated rings. The Hall–Kier alpha value is -1.10. The van der Waals surface area contributed by atoms with Gasteiger partial charge >= 0.3 is 0 Å². The minimum absolute atomic E-state index is 0. The van der Waals surface area contributed by atoms with Gasteiger partial charge in [-0.2, -0.15) is 0 Å². The number of furan rings is 1. The highest BCUT2D eigenvalue weighted by molar-refractivity contribution is 14.0. The van der Waals surface area contributed by atoms with E-state index in [0.717, 1.165) is 57.4 Å². The monoisotopic (exact) mass is 546 g/mol. The molecular weight excluding hydrogens is 511 g/mol. The zero-order valence-electron chi connectivity index (χ0n) is 17.8. The smallest absolute Gasteiger partial charge is 0.191 e. The Morgan fingerprint density at radius 1 is 1.23 bits per heavy atom. The van der Waals surface area contributed by atoms with Gasteiger partial charge in [-0.15, -0.1) is 35.3 Å². The summed E-state index contributed by atoms with van der Waals surface area (Å²) in [4.78, 5) is 8.93. The molecule has 30 heavy (non-hydrogen) atoms. The van der Waals surface area contributed by atoms with Crippen LogP contribution in [0.15, 0.2) is 45.3 Å². The van der Waals surface area contributed by atoms with Crippen LogP contribution in [0, 0.1) is 0 Å². The normalized spacial score (nSPS) is 15.7. The molecule has 0 spiro atoms. The van der Waals surface area contributed by atoms with Crippen molar-refractivity contribution in [3.05, 3.63) is 46.5 Å². The molecule has 0 aliphatic carbocycles. The number of thiophene rings is 1. The fraction of sp³-hybridized carbons (Fsp3) is 0.591. The van der Waals surface area contributed by atoms with Gasteiger partial charge in [0.25, 0.3) is 0 Å². The largest absolute Gasteiger partial charge is 0.469 e. The van der Waals surface area contributed by atoms with Gasteiger partial charge in [0.05, 0.1) is 18.8 Å². The number of nitrogens with zero attached hydrogens (tertiary/aromatic N) is 2. The van der Waals surface area contributed by atoms with E-state index in [4.69, 9.17) is 14.1 Å². The van der Waals surface area contributed by atoms with E-state index in [1.54, 1.807) is 6.26 Å². The lowest BCUT2D eigenvalue weighted by atomic mass is 10.2. The van der Waals surface area contributed by atoms with Crippen LogP contribution < -0.4 is 10.6 Å². The second-order valence-electron chi connectivity index (χ2n) is 7.20. The van der Waals surface area contributed by atoms with E-state index in [1.807, 2.05) is 30.4 Å². The molecule has 3 rings (SSSR count). The first-order chi connectivity index (χ1) is 14.4. The Bertz CT molecular complexity index is 688. The Kier molecular flexibility index (Phi) is 12.4. The maximum atomic E-state index is 5.44. The lowest BCUT2D eigenvalue weighted by Crippen LogP contribution is -2.40. The van der Waals surface area contributed by atoms with Gasteiger partial charge in [0.1, 0.15) is 5.76 Å². The van der Waals surface area contributed by atoms with Crippen LogP contribution in [0.5, 0.6) is 0 Å². The summed E-state index contributed by atoms with van der Waals surface area (Å²) in [5.41, 5.74) is 0. The van der Waals surface area contributed by atoms with Crippen LogP contribution in [0.3, 0.4) is 0 Å². The van der Waals surface area contributed by atoms with Crippen molar-refractivity contribution in [1.82, 2.24) is 15.5 Å². The lowest BCUT2D eigenvalue weighted by Gasteiger charge is -2.25. The Morgan fingerprint density at radius 2 is 2.07 bits per heavy atom. The van der Waals surface area contributed by atoms with E-state index in [0.29, 0.717) is 6.04 Å². The number of nitrogens with one attached hydrogen (secondary N) is 2. The minimum Gasteiger partial charge on any atom is -0.469 e. The van der Waals surface area contributed by atoms with Crippen LogP contribution >= 0.6 is 35.3 Å². The molecule has 1 atom stereocenters. The lowest BCUT2D eigenvalue weighted by molar-refractivity contribution is 0.145. The number of likely N-dealkylation sites (tertiary alicyclic amines) is 1. The average Bonchev–Trinajstić information content (AvgIpc) is 3.50. The van der Waals surface area contributed by atoms with Crippen molar-refractivity contribution in [1.29, 1.82) is 0 Å². The standard InChI is InChI=1S/C22H34N4O2S.HI/c1-2-27-15-7-11-23-22(24-12-10-19-8-5-16-28-19)25-18-20(21-9-6-17-29-21)26-13-3-4-14-26;/h5-6,8-9,16-17,20H,2-4,7,10-15,18H2,1H3,(H2,23,24,25);1H. The number of halogens is 1. The highest BCUT2D eigenvalue weighted by Crippen LogP contribution is 2.28. The molecule has 0 amide bonds. The second-order valence-corrected chi connectivity index (χ2v) is 8.18. The Morgan fingerprint density at radius 3 is 2.77 bits per heavy atom. The SMILES string of the molecule is CCOCCCNC(=NCC(c1cccs1)N1CCCC1)NCCc1ccco1.I. The molecule has 6 nitrogen and oxygen atoms in total. The van der Waals surface area contributed by atoms with Gasteiger partial charge in [-0.3, -0.25) is 9.89 Å². The van der Waals surface area contributed by atoms with Gasteiger partial charge in [-0.1, -0.05) is 6.07 Å². The molecule has 0 aromatic carbocycles. The predicted molar refractivity (Wildman–Crippen MR) is 135 cm³/mol. The van der Waals surface area contributed by atoms with Gasteiger partial charge in [-0.05, 0) is 62.9 Å². The highest BCUT2D eigenvalue weighted by Gasteiger charge is 2.24. The summed E-state index contributed by atoms with van der Waals surface area (Å²) < 4.78 is 10.9. The molecular formula is C22H35IN4O2S. The van der Waals surface area contributed by atoms with Crippen molar-refractivity contribution in [2.45, 2.75) is 38.6 Å². The third-order valence-electron chi connectivity index (χ3n) is 5.08. The number of ether oxygens (including phenoxy) is 1. The van der Waals surface area contributed by atoms with Crippen LogP contribution in [0.2, 0.25) is 0 Å². The topological polar surface area (TPSA) is 62.0 Å².